The van der Waals surface area contributed by atoms with E-state index < -0.39 is 42.0 Å². The van der Waals surface area contributed by atoms with Crippen LogP contribution in [0.2, 0.25) is 0 Å². The van der Waals surface area contributed by atoms with E-state index in [0.29, 0.717) is 12.0 Å². The quantitative estimate of drug-likeness (QED) is 0.288. The molecule has 9 nitrogen and oxygen atoms in total. The Labute approximate surface area is 227 Å². The Bertz CT molecular complexity index is 957. The van der Waals surface area contributed by atoms with Crippen molar-refractivity contribution in [1.29, 1.82) is 0 Å². The molecular weight excluding hydrogens is 484 g/mol. The Morgan fingerprint density at radius 1 is 1.11 bits per heavy atom. The minimum absolute atomic E-state index is 0.105. The molecule has 4 N–H and O–H groups in total. The molecule has 1 rings (SSSR count). The zero-order valence-corrected chi connectivity index (χ0v) is 23.8. The predicted molar refractivity (Wildman–Crippen MR) is 150 cm³/mol. The highest BCUT2D eigenvalue weighted by atomic mass is 16.6. The van der Waals surface area contributed by atoms with Crippen molar-refractivity contribution in [3.05, 3.63) is 42.0 Å². The van der Waals surface area contributed by atoms with Gasteiger partial charge in [-0.3, -0.25) is 14.4 Å². The lowest BCUT2D eigenvalue weighted by Gasteiger charge is -2.35. The number of primary amides is 1. The molecule has 3 unspecified atom stereocenters. The molecule has 4 amide bonds. The van der Waals surface area contributed by atoms with Crippen LogP contribution < -0.4 is 16.4 Å². The SMILES string of the molecule is C=Cc1cccc(C(C(=O)NC(C)CCC)N(CCCCC)C(=O)C(CC(N)=O)NC(=O)OC(C)(C)C)c1. The molecular formula is C29H46N4O5. The van der Waals surface area contributed by atoms with E-state index in [1.54, 1.807) is 39.0 Å². The summed E-state index contributed by atoms with van der Waals surface area (Å²) in [6.45, 7) is 15.1. The number of unbranched alkanes of at least 4 members (excludes halogenated alkanes) is 2. The molecule has 9 heteroatoms. The molecule has 0 heterocycles. The van der Waals surface area contributed by atoms with Gasteiger partial charge < -0.3 is 26.0 Å². The monoisotopic (exact) mass is 530 g/mol. The molecule has 0 aliphatic carbocycles. The van der Waals surface area contributed by atoms with E-state index in [4.69, 9.17) is 10.5 Å². The van der Waals surface area contributed by atoms with Gasteiger partial charge in [0.2, 0.25) is 17.7 Å². The molecule has 0 aliphatic heterocycles. The molecule has 0 fully saturated rings. The average Bonchev–Trinajstić information content (AvgIpc) is 2.81. The molecule has 1 aromatic carbocycles. The number of carbonyl (C=O) groups excluding carboxylic acids is 4. The molecule has 0 aliphatic rings. The van der Waals surface area contributed by atoms with Gasteiger partial charge in [0.1, 0.15) is 17.7 Å². The van der Waals surface area contributed by atoms with Gasteiger partial charge in [-0.05, 0) is 57.7 Å². The van der Waals surface area contributed by atoms with Crippen LogP contribution in [0.3, 0.4) is 0 Å². The van der Waals surface area contributed by atoms with E-state index in [0.717, 1.165) is 31.2 Å². The summed E-state index contributed by atoms with van der Waals surface area (Å²) < 4.78 is 5.32. The number of hydrogen-bond acceptors (Lipinski definition) is 5. The molecule has 0 saturated carbocycles. The van der Waals surface area contributed by atoms with Gasteiger partial charge in [0.25, 0.3) is 0 Å². The maximum absolute atomic E-state index is 14.0. The second-order valence-electron chi connectivity index (χ2n) is 10.6. The van der Waals surface area contributed by atoms with E-state index in [9.17, 15) is 19.2 Å². The van der Waals surface area contributed by atoms with Gasteiger partial charge in [-0.25, -0.2) is 4.79 Å². The fourth-order valence-electron chi connectivity index (χ4n) is 4.11. The molecule has 1 aromatic rings. The number of amides is 4. The van der Waals surface area contributed by atoms with Crippen LogP contribution in [0.25, 0.3) is 6.08 Å². The number of nitrogens with one attached hydrogen (secondary N) is 2. The van der Waals surface area contributed by atoms with E-state index in [1.165, 1.54) is 4.90 Å². The number of hydrogen-bond donors (Lipinski definition) is 3. The lowest BCUT2D eigenvalue weighted by atomic mass is 9.99. The number of ether oxygens (including phenoxy) is 1. The summed E-state index contributed by atoms with van der Waals surface area (Å²) >= 11 is 0. The molecule has 0 spiro atoms. The first-order valence-electron chi connectivity index (χ1n) is 13.4. The zero-order valence-electron chi connectivity index (χ0n) is 23.8. The first-order valence-corrected chi connectivity index (χ1v) is 13.4. The van der Waals surface area contributed by atoms with Crippen LogP contribution in [-0.2, 0) is 19.1 Å². The summed E-state index contributed by atoms with van der Waals surface area (Å²) in [5.74, 6) is -1.69. The Kier molecular flexibility index (Phi) is 13.6. The number of rotatable bonds is 15. The normalized spacial score (nSPS) is 13.5. The van der Waals surface area contributed by atoms with Gasteiger partial charge in [-0.15, -0.1) is 0 Å². The van der Waals surface area contributed by atoms with Crippen molar-refractivity contribution in [2.45, 2.75) is 104 Å². The minimum atomic E-state index is -1.30. The van der Waals surface area contributed by atoms with E-state index in [2.05, 4.69) is 17.2 Å². The van der Waals surface area contributed by atoms with Crippen molar-refractivity contribution in [2.24, 2.45) is 5.73 Å². The Balaban J connectivity index is 3.56. The van der Waals surface area contributed by atoms with Crippen LogP contribution in [0.4, 0.5) is 4.79 Å². The van der Waals surface area contributed by atoms with Crippen LogP contribution >= 0.6 is 0 Å². The molecule has 0 bridgehead atoms. The second-order valence-corrected chi connectivity index (χ2v) is 10.6. The Hall–Kier alpha value is -3.36. The van der Waals surface area contributed by atoms with Crippen LogP contribution in [0.1, 0.15) is 97.2 Å². The maximum Gasteiger partial charge on any atom is 0.408 e. The number of alkyl carbamates (subject to hydrolysis) is 1. The summed E-state index contributed by atoms with van der Waals surface area (Å²) in [4.78, 5) is 53.6. The predicted octanol–water partition coefficient (Wildman–Crippen LogP) is 4.46. The van der Waals surface area contributed by atoms with Crippen LogP contribution in [-0.4, -0.2) is 52.9 Å². The number of benzene rings is 1. The topological polar surface area (TPSA) is 131 Å². The molecule has 0 aromatic heterocycles. The van der Waals surface area contributed by atoms with Gasteiger partial charge >= 0.3 is 6.09 Å². The smallest absolute Gasteiger partial charge is 0.408 e. The van der Waals surface area contributed by atoms with E-state index >= 15 is 0 Å². The summed E-state index contributed by atoms with van der Waals surface area (Å²) in [5, 5.41) is 5.54. The third kappa shape index (κ3) is 11.4. The van der Waals surface area contributed by atoms with Gasteiger partial charge in [0.15, 0.2) is 0 Å². The molecule has 38 heavy (non-hydrogen) atoms. The van der Waals surface area contributed by atoms with Gasteiger partial charge in [0, 0.05) is 12.6 Å². The number of carbonyl (C=O) groups is 4. The largest absolute Gasteiger partial charge is 0.444 e. The summed E-state index contributed by atoms with van der Waals surface area (Å²) in [5.41, 5.74) is 6.03. The average molecular weight is 531 g/mol. The van der Waals surface area contributed by atoms with E-state index in [1.807, 2.05) is 32.9 Å². The van der Waals surface area contributed by atoms with Crippen LogP contribution in [0.5, 0.6) is 0 Å². The first kappa shape index (κ1) is 32.7. The molecule has 0 saturated heterocycles. The van der Waals surface area contributed by atoms with Gasteiger partial charge in [-0.1, -0.05) is 64.0 Å². The standard InChI is InChI=1S/C29H46N4O5/c1-8-11-12-17-33(27(36)23(19-24(30)34)32-28(37)38-29(5,6)7)25(26(35)31-20(4)14-9-2)22-16-13-15-21(10-3)18-22/h10,13,15-16,18,20,23,25H,3,8-9,11-12,14,17,19H2,1-2,4-7H3,(H2,30,34)(H,31,35)(H,32,37). The highest BCUT2D eigenvalue weighted by molar-refractivity contribution is 5.94. The zero-order chi connectivity index (χ0) is 28.9. The highest BCUT2D eigenvalue weighted by Crippen LogP contribution is 2.26. The summed E-state index contributed by atoms with van der Waals surface area (Å²) in [6.07, 6.45) is 4.41. The highest BCUT2D eigenvalue weighted by Gasteiger charge is 2.37. The third-order valence-electron chi connectivity index (χ3n) is 5.81. The van der Waals surface area contributed by atoms with Crippen LogP contribution in [0.15, 0.2) is 30.8 Å². The lowest BCUT2D eigenvalue weighted by Crippen LogP contribution is -2.54. The van der Waals surface area contributed by atoms with Crippen molar-refractivity contribution in [3.8, 4) is 0 Å². The first-order chi connectivity index (χ1) is 17.8. The number of nitrogens with zero attached hydrogens (tertiary/aromatic N) is 1. The number of nitrogens with two attached hydrogens (primary N) is 1. The van der Waals surface area contributed by atoms with Crippen molar-refractivity contribution < 1.29 is 23.9 Å². The molecule has 212 valence electrons. The fourth-order valence-corrected chi connectivity index (χ4v) is 4.11. The molecule has 0 radical (unpaired) electrons. The Morgan fingerprint density at radius 3 is 2.34 bits per heavy atom. The van der Waals surface area contributed by atoms with Crippen molar-refractivity contribution in [1.82, 2.24) is 15.5 Å². The molecule has 3 atom stereocenters. The fraction of sp³-hybridized carbons (Fsp3) is 0.586. The summed E-state index contributed by atoms with van der Waals surface area (Å²) in [7, 11) is 0. The van der Waals surface area contributed by atoms with Crippen molar-refractivity contribution in [3.63, 3.8) is 0 Å². The third-order valence-corrected chi connectivity index (χ3v) is 5.81. The van der Waals surface area contributed by atoms with Crippen molar-refractivity contribution >= 4 is 29.9 Å². The van der Waals surface area contributed by atoms with Gasteiger partial charge in [-0.2, -0.15) is 0 Å². The maximum atomic E-state index is 14.0. The lowest BCUT2D eigenvalue weighted by molar-refractivity contribution is -0.143. The second kappa shape index (κ2) is 15.8. The van der Waals surface area contributed by atoms with Crippen LogP contribution in [0, 0.1) is 0 Å². The summed E-state index contributed by atoms with van der Waals surface area (Å²) in [6, 6.07) is 4.86. The van der Waals surface area contributed by atoms with E-state index in [-0.39, 0.29) is 18.5 Å². The minimum Gasteiger partial charge on any atom is -0.444 e. The van der Waals surface area contributed by atoms with Crippen molar-refractivity contribution in [2.75, 3.05) is 6.54 Å². The van der Waals surface area contributed by atoms with Gasteiger partial charge in [0.05, 0.1) is 6.42 Å². The Morgan fingerprint density at radius 2 is 1.79 bits per heavy atom.